The van der Waals surface area contributed by atoms with Crippen molar-refractivity contribution in [1.29, 1.82) is 0 Å². The van der Waals surface area contributed by atoms with Crippen molar-refractivity contribution in [3.8, 4) is 5.92 Å². The molecule has 0 saturated heterocycles. The van der Waals surface area contributed by atoms with E-state index >= 15 is 0 Å². The zero-order valence-electron chi connectivity index (χ0n) is 10.2. The summed E-state index contributed by atoms with van der Waals surface area (Å²) in [5, 5.41) is 0. The molecule has 0 nitrogen and oxygen atoms in total. The van der Waals surface area contributed by atoms with Gasteiger partial charge in [0.1, 0.15) is 0 Å². The monoisotopic (exact) mass is 206 g/mol. The van der Waals surface area contributed by atoms with Crippen LogP contribution in [0.1, 0.15) is 77.0 Å². The van der Waals surface area contributed by atoms with Crippen LogP contribution >= 0.6 is 0 Å². The first-order valence-electron chi connectivity index (χ1n) is 6.60. The molecule has 2 radical (unpaired) electrons. The fourth-order valence-electron chi connectivity index (χ4n) is 1.80. The summed E-state index contributed by atoms with van der Waals surface area (Å²) < 4.78 is 0. The first-order chi connectivity index (χ1) is 7.41. The molecule has 0 rings (SSSR count). The summed E-state index contributed by atoms with van der Waals surface area (Å²) in [5.41, 5.74) is 0. The molecule has 0 aliphatic carbocycles. The number of hydrogen-bond acceptors (Lipinski definition) is 0. The van der Waals surface area contributed by atoms with Crippen LogP contribution < -0.4 is 0 Å². The standard InChI is InChI=1S/C15H26/c1-3-5-7-9-11-13-15-14-12-10-8-6-4-2/h1,3,5-15H2. The molecule has 0 amide bonds. The van der Waals surface area contributed by atoms with Crippen molar-refractivity contribution in [1.82, 2.24) is 0 Å². The average Bonchev–Trinajstić information content (AvgIpc) is 2.26. The highest BCUT2D eigenvalue weighted by Crippen LogP contribution is 2.11. The summed E-state index contributed by atoms with van der Waals surface area (Å²) in [7, 11) is 0. The van der Waals surface area contributed by atoms with Crippen LogP contribution in [0.3, 0.4) is 0 Å². The second kappa shape index (κ2) is 13.6. The van der Waals surface area contributed by atoms with Gasteiger partial charge in [-0.3, -0.25) is 0 Å². The maximum Gasteiger partial charge on any atom is 0.00989 e. The zero-order valence-corrected chi connectivity index (χ0v) is 10.2. The Kier molecular flexibility index (Phi) is 13.2. The minimum absolute atomic E-state index is 0.852. The van der Waals surface area contributed by atoms with Crippen LogP contribution in [-0.2, 0) is 0 Å². The van der Waals surface area contributed by atoms with Crippen LogP contribution in [-0.4, -0.2) is 0 Å². The van der Waals surface area contributed by atoms with Crippen molar-refractivity contribution in [3.05, 3.63) is 13.3 Å². The normalized spacial score (nSPS) is 10.1. The molecule has 0 bridgehead atoms. The molecule has 0 aliphatic heterocycles. The van der Waals surface area contributed by atoms with Gasteiger partial charge >= 0.3 is 0 Å². The molecule has 0 aromatic carbocycles. The van der Waals surface area contributed by atoms with Crippen molar-refractivity contribution in [3.63, 3.8) is 0 Å². The molecule has 0 fully saturated rings. The zero-order chi connectivity index (χ0) is 11.2. The molecule has 15 heavy (non-hydrogen) atoms. The summed E-state index contributed by atoms with van der Waals surface area (Å²) in [5.74, 6) is 2.44. The van der Waals surface area contributed by atoms with E-state index in [2.05, 4.69) is 12.8 Å². The van der Waals surface area contributed by atoms with E-state index in [-0.39, 0.29) is 0 Å². The Morgan fingerprint density at radius 1 is 0.667 bits per heavy atom. The van der Waals surface area contributed by atoms with Gasteiger partial charge in [0, 0.05) is 6.42 Å². The Balaban J connectivity index is 2.84. The van der Waals surface area contributed by atoms with Gasteiger partial charge < -0.3 is 0 Å². The predicted molar refractivity (Wildman–Crippen MR) is 67.9 cm³/mol. The fourth-order valence-corrected chi connectivity index (χ4v) is 1.80. The summed E-state index contributed by atoms with van der Waals surface area (Å²) in [6.45, 7) is 3.85. The number of unbranched alkanes of at least 4 members (excludes halogenated alkanes) is 11. The third kappa shape index (κ3) is 13.6. The minimum atomic E-state index is 0.852. The molecule has 0 heteroatoms. The van der Waals surface area contributed by atoms with Crippen LogP contribution in [0.25, 0.3) is 0 Å². The van der Waals surface area contributed by atoms with Crippen molar-refractivity contribution in [2.45, 2.75) is 77.0 Å². The van der Waals surface area contributed by atoms with Gasteiger partial charge in [-0.2, -0.15) is 0 Å². The van der Waals surface area contributed by atoms with Gasteiger partial charge in [0.05, 0.1) is 0 Å². The highest BCUT2D eigenvalue weighted by molar-refractivity contribution is 4.74. The highest BCUT2D eigenvalue weighted by atomic mass is 14.0. The van der Waals surface area contributed by atoms with Crippen molar-refractivity contribution >= 4 is 0 Å². The van der Waals surface area contributed by atoms with E-state index in [0.29, 0.717) is 0 Å². The second-order valence-corrected chi connectivity index (χ2v) is 4.32. The topological polar surface area (TPSA) is 0 Å². The van der Waals surface area contributed by atoms with Gasteiger partial charge in [0.2, 0.25) is 0 Å². The molecule has 0 aliphatic rings. The maximum absolute atomic E-state index is 6.77. The van der Waals surface area contributed by atoms with Gasteiger partial charge in [-0.1, -0.05) is 77.1 Å². The molecule has 0 aromatic heterocycles. The lowest BCUT2D eigenvalue weighted by Gasteiger charge is -2.01. The lowest BCUT2D eigenvalue weighted by molar-refractivity contribution is 0.554. The quantitative estimate of drug-likeness (QED) is 0.326. The second-order valence-electron chi connectivity index (χ2n) is 4.32. The third-order valence-corrected chi connectivity index (χ3v) is 2.80. The van der Waals surface area contributed by atoms with Crippen LogP contribution in [0.4, 0.5) is 0 Å². The van der Waals surface area contributed by atoms with Gasteiger partial charge in [0.25, 0.3) is 0 Å². The van der Waals surface area contributed by atoms with Crippen LogP contribution in [0.5, 0.6) is 0 Å². The number of rotatable bonds is 11. The Morgan fingerprint density at radius 2 is 1.07 bits per heavy atom. The van der Waals surface area contributed by atoms with E-state index in [4.69, 9.17) is 6.42 Å². The Hall–Kier alpha value is -0.440. The van der Waals surface area contributed by atoms with Gasteiger partial charge in [-0.15, -0.1) is 0 Å². The molecule has 0 aromatic rings. The van der Waals surface area contributed by atoms with Crippen molar-refractivity contribution in [2.75, 3.05) is 0 Å². The number of hydrogen-bond donors (Lipinski definition) is 0. The Bertz CT molecular complexity index is 141. The Labute approximate surface area is 96.8 Å². The third-order valence-electron chi connectivity index (χ3n) is 2.80. The smallest absolute Gasteiger partial charge is 0.00989 e. The molecule has 0 atom stereocenters. The Morgan fingerprint density at radius 3 is 1.47 bits per heavy atom. The van der Waals surface area contributed by atoms with E-state index in [1.165, 1.54) is 57.8 Å². The van der Waals surface area contributed by atoms with Gasteiger partial charge in [-0.25, -0.2) is 0 Å². The van der Waals surface area contributed by atoms with E-state index in [1.54, 1.807) is 0 Å². The minimum Gasteiger partial charge on any atom is -0.0891 e. The molecule has 0 saturated carbocycles. The highest BCUT2D eigenvalue weighted by Gasteiger charge is 1.92. The largest absolute Gasteiger partial charge is 0.0891 e. The molecule has 86 valence electrons. The van der Waals surface area contributed by atoms with E-state index in [0.717, 1.165) is 19.3 Å². The van der Waals surface area contributed by atoms with E-state index < -0.39 is 0 Å². The predicted octanol–water partition coefficient (Wildman–Crippen LogP) is 5.09. The molecular formula is C15H26. The van der Waals surface area contributed by atoms with Crippen molar-refractivity contribution in [2.24, 2.45) is 0 Å². The molecule has 0 unspecified atom stereocenters. The molecule has 0 N–H and O–H groups in total. The maximum atomic E-state index is 6.77. The van der Waals surface area contributed by atoms with Crippen LogP contribution in [0.15, 0.2) is 0 Å². The SMILES string of the molecule is [C]#CCCCCCCCCCCCC[CH2]. The summed E-state index contributed by atoms with van der Waals surface area (Å²) in [6, 6.07) is 0. The summed E-state index contributed by atoms with van der Waals surface area (Å²) in [4.78, 5) is 0. The summed E-state index contributed by atoms with van der Waals surface area (Å²) >= 11 is 0. The first-order valence-corrected chi connectivity index (χ1v) is 6.60. The average molecular weight is 206 g/mol. The van der Waals surface area contributed by atoms with Crippen LogP contribution in [0, 0.1) is 19.3 Å². The van der Waals surface area contributed by atoms with Gasteiger partial charge in [0.15, 0.2) is 0 Å². The van der Waals surface area contributed by atoms with Crippen LogP contribution in [0.2, 0.25) is 0 Å². The lowest BCUT2D eigenvalue weighted by Crippen LogP contribution is -1.81. The molecule has 0 spiro atoms. The van der Waals surface area contributed by atoms with E-state index in [1.807, 2.05) is 0 Å². The summed E-state index contributed by atoms with van der Waals surface area (Å²) in [6.07, 6.45) is 22.2. The van der Waals surface area contributed by atoms with Crippen molar-refractivity contribution < 1.29 is 0 Å². The molecular weight excluding hydrogens is 180 g/mol. The van der Waals surface area contributed by atoms with Gasteiger partial charge in [-0.05, 0) is 12.8 Å². The first kappa shape index (κ1) is 14.6. The van der Waals surface area contributed by atoms with E-state index in [9.17, 15) is 0 Å². The lowest BCUT2D eigenvalue weighted by atomic mass is 10.1. The fraction of sp³-hybridized carbons (Fsp3) is 0.800. The molecule has 0 heterocycles.